The van der Waals surface area contributed by atoms with E-state index in [1.54, 1.807) is 29.2 Å². The van der Waals surface area contributed by atoms with Crippen LogP contribution in [0.2, 0.25) is 0 Å². The van der Waals surface area contributed by atoms with E-state index in [9.17, 15) is 14.7 Å². The van der Waals surface area contributed by atoms with Gasteiger partial charge in [-0.15, -0.1) is 0 Å². The van der Waals surface area contributed by atoms with Gasteiger partial charge >= 0.3 is 5.97 Å². The summed E-state index contributed by atoms with van der Waals surface area (Å²) in [6.07, 6.45) is 1.85. The summed E-state index contributed by atoms with van der Waals surface area (Å²) in [6, 6.07) is 7.04. The molecule has 114 valence electrons. The van der Waals surface area contributed by atoms with Crippen molar-refractivity contribution in [2.45, 2.75) is 26.2 Å². The number of nitrogens with zero attached hydrogens (tertiary/aromatic N) is 1. The quantitative estimate of drug-likeness (QED) is 0.925. The van der Waals surface area contributed by atoms with Gasteiger partial charge in [0.05, 0.1) is 18.1 Å². The molecule has 2 rings (SSSR count). The highest BCUT2D eigenvalue weighted by Gasteiger charge is 2.42. The van der Waals surface area contributed by atoms with Crippen molar-refractivity contribution in [2.75, 3.05) is 20.2 Å². The molecule has 1 aromatic carbocycles. The predicted octanol–water partition coefficient (Wildman–Crippen LogP) is 2.41. The van der Waals surface area contributed by atoms with Crippen LogP contribution in [0.1, 0.15) is 36.5 Å². The van der Waals surface area contributed by atoms with E-state index < -0.39 is 11.4 Å². The second-order valence-electron chi connectivity index (χ2n) is 5.47. The Hall–Kier alpha value is -2.04. The van der Waals surface area contributed by atoms with Gasteiger partial charge in [-0.3, -0.25) is 9.59 Å². The summed E-state index contributed by atoms with van der Waals surface area (Å²) in [5.41, 5.74) is -0.340. The van der Waals surface area contributed by atoms with Gasteiger partial charge in [-0.1, -0.05) is 19.1 Å². The number of amides is 1. The summed E-state index contributed by atoms with van der Waals surface area (Å²) in [5, 5.41) is 9.50. The second kappa shape index (κ2) is 6.16. The van der Waals surface area contributed by atoms with E-state index in [1.807, 2.05) is 6.92 Å². The first-order chi connectivity index (χ1) is 10.0. The SMILES string of the molecule is CCC1(C(=O)O)CCCN(C(=O)c2ccccc2OC)C1. The van der Waals surface area contributed by atoms with Crippen LogP contribution in [0.25, 0.3) is 0 Å². The number of carbonyl (C=O) groups excluding carboxylic acids is 1. The van der Waals surface area contributed by atoms with E-state index in [-0.39, 0.29) is 12.5 Å². The highest BCUT2D eigenvalue weighted by atomic mass is 16.5. The average Bonchev–Trinajstić information content (AvgIpc) is 2.53. The monoisotopic (exact) mass is 291 g/mol. The van der Waals surface area contributed by atoms with Crippen molar-refractivity contribution in [3.8, 4) is 5.75 Å². The Morgan fingerprint density at radius 1 is 1.38 bits per heavy atom. The third-order valence-electron chi connectivity index (χ3n) is 4.33. The molecule has 1 aliphatic heterocycles. The zero-order chi connectivity index (χ0) is 15.5. The molecule has 21 heavy (non-hydrogen) atoms. The van der Waals surface area contributed by atoms with Crippen LogP contribution < -0.4 is 4.74 Å². The first-order valence-electron chi connectivity index (χ1n) is 7.20. The van der Waals surface area contributed by atoms with E-state index in [0.717, 1.165) is 0 Å². The predicted molar refractivity (Wildman–Crippen MR) is 78.5 cm³/mol. The van der Waals surface area contributed by atoms with Gasteiger partial charge in [0.2, 0.25) is 0 Å². The molecule has 1 N–H and O–H groups in total. The molecule has 1 heterocycles. The van der Waals surface area contributed by atoms with Gasteiger partial charge in [-0.05, 0) is 31.4 Å². The normalized spacial score (nSPS) is 21.9. The van der Waals surface area contributed by atoms with Crippen LogP contribution in [0, 0.1) is 5.41 Å². The molecule has 1 saturated heterocycles. The molecule has 0 bridgehead atoms. The van der Waals surface area contributed by atoms with Crippen molar-refractivity contribution < 1.29 is 19.4 Å². The number of aliphatic carboxylic acids is 1. The van der Waals surface area contributed by atoms with Crippen molar-refractivity contribution >= 4 is 11.9 Å². The summed E-state index contributed by atoms with van der Waals surface area (Å²) in [7, 11) is 1.52. The lowest BCUT2D eigenvalue weighted by Gasteiger charge is -2.39. The van der Waals surface area contributed by atoms with Crippen molar-refractivity contribution in [1.82, 2.24) is 4.90 Å². The molecule has 1 amide bonds. The number of piperidine rings is 1. The number of para-hydroxylation sites is 1. The fraction of sp³-hybridized carbons (Fsp3) is 0.500. The van der Waals surface area contributed by atoms with Crippen LogP contribution in [0.15, 0.2) is 24.3 Å². The number of ether oxygens (including phenoxy) is 1. The molecule has 0 aliphatic carbocycles. The topological polar surface area (TPSA) is 66.8 Å². The molecule has 0 aromatic heterocycles. The lowest BCUT2D eigenvalue weighted by atomic mass is 9.77. The molecular weight excluding hydrogens is 270 g/mol. The highest BCUT2D eigenvalue weighted by molar-refractivity contribution is 5.97. The number of benzene rings is 1. The summed E-state index contributed by atoms with van der Waals surface area (Å²) in [6.45, 7) is 2.72. The van der Waals surface area contributed by atoms with Crippen LogP contribution in [0.3, 0.4) is 0 Å². The minimum atomic E-state index is -0.823. The van der Waals surface area contributed by atoms with Crippen molar-refractivity contribution in [2.24, 2.45) is 5.41 Å². The minimum Gasteiger partial charge on any atom is -0.496 e. The van der Waals surface area contributed by atoms with Crippen LogP contribution in [-0.4, -0.2) is 42.1 Å². The second-order valence-corrected chi connectivity index (χ2v) is 5.47. The molecule has 5 nitrogen and oxygen atoms in total. The Kier molecular flexibility index (Phi) is 4.50. The third kappa shape index (κ3) is 2.86. The summed E-state index contributed by atoms with van der Waals surface area (Å²) >= 11 is 0. The van der Waals surface area contributed by atoms with Crippen molar-refractivity contribution in [1.29, 1.82) is 0 Å². The van der Waals surface area contributed by atoms with Gasteiger partial charge in [0.25, 0.3) is 5.91 Å². The largest absolute Gasteiger partial charge is 0.496 e. The van der Waals surface area contributed by atoms with E-state index in [4.69, 9.17) is 4.74 Å². The van der Waals surface area contributed by atoms with Gasteiger partial charge < -0.3 is 14.7 Å². The molecule has 5 heteroatoms. The van der Waals surface area contributed by atoms with E-state index >= 15 is 0 Å². The number of hydrogen-bond donors (Lipinski definition) is 1. The van der Waals surface area contributed by atoms with Gasteiger partial charge in [-0.2, -0.15) is 0 Å². The Morgan fingerprint density at radius 3 is 2.71 bits per heavy atom. The molecule has 1 aromatic rings. The average molecular weight is 291 g/mol. The molecule has 1 fully saturated rings. The van der Waals surface area contributed by atoms with Crippen molar-refractivity contribution in [3.05, 3.63) is 29.8 Å². The number of rotatable bonds is 4. The lowest BCUT2D eigenvalue weighted by molar-refractivity contribution is -0.152. The molecule has 0 radical (unpaired) electrons. The van der Waals surface area contributed by atoms with Crippen LogP contribution >= 0.6 is 0 Å². The lowest BCUT2D eigenvalue weighted by Crippen LogP contribution is -2.49. The molecule has 0 spiro atoms. The third-order valence-corrected chi connectivity index (χ3v) is 4.33. The van der Waals surface area contributed by atoms with Crippen LogP contribution in [0.4, 0.5) is 0 Å². The van der Waals surface area contributed by atoms with Gasteiger partial charge in [-0.25, -0.2) is 0 Å². The number of carboxylic acid groups (broad SMARTS) is 1. The summed E-state index contributed by atoms with van der Waals surface area (Å²) in [5.74, 6) is -0.459. The molecule has 1 unspecified atom stereocenters. The number of hydrogen-bond acceptors (Lipinski definition) is 3. The maximum Gasteiger partial charge on any atom is 0.311 e. The van der Waals surface area contributed by atoms with E-state index in [2.05, 4.69) is 0 Å². The molecule has 1 atom stereocenters. The Bertz CT molecular complexity index is 543. The van der Waals surface area contributed by atoms with Crippen LogP contribution in [-0.2, 0) is 4.79 Å². The Morgan fingerprint density at radius 2 is 2.10 bits per heavy atom. The number of carbonyl (C=O) groups is 2. The fourth-order valence-electron chi connectivity index (χ4n) is 2.91. The number of likely N-dealkylation sites (tertiary alicyclic amines) is 1. The van der Waals surface area contributed by atoms with Crippen LogP contribution in [0.5, 0.6) is 5.75 Å². The van der Waals surface area contributed by atoms with E-state index in [0.29, 0.717) is 37.1 Å². The highest BCUT2D eigenvalue weighted by Crippen LogP contribution is 2.34. The van der Waals surface area contributed by atoms with Gasteiger partial charge in [0, 0.05) is 13.1 Å². The smallest absolute Gasteiger partial charge is 0.311 e. The first kappa shape index (κ1) is 15.4. The zero-order valence-corrected chi connectivity index (χ0v) is 12.5. The maximum absolute atomic E-state index is 12.7. The molecular formula is C16H21NO4. The van der Waals surface area contributed by atoms with E-state index in [1.165, 1.54) is 7.11 Å². The Labute approximate surface area is 124 Å². The zero-order valence-electron chi connectivity index (χ0n) is 12.5. The maximum atomic E-state index is 12.7. The van der Waals surface area contributed by atoms with Gasteiger partial charge in [0.15, 0.2) is 0 Å². The minimum absolute atomic E-state index is 0.161. The Balaban J connectivity index is 2.25. The van der Waals surface area contributed by atoms with Gasteiger partial charge in [0.1, 0.15) is 5.75 Å². The van der Waals surface area contributed by atoms with Crippen molar-refractivity contribution in [3.63, 3.8) is 0 Å². The standard InChI is InChI=1S/C16H21NO4/c1-3-16(15(19)20)9-6-10-17(11-16)14(18)12-7-4-5-8-13(12)21-2/h4-5,7-8H,3,6,9-11H2,1-2H3,(H,19,20). The number of methoxy groups -OCH3 is 1. The molecule has 1 aliphatic rings. The number of carboxylic acids is 1. The first-order valence-corrected chi connectivity index (χ1v) is 7.20. The summed E-state index contributed by atoms with van der Waals surface area (Å²) in [4.78, 5) is 25.9. The fourth-order valence-corrected chi connectivity index (χ4v) is 2.91. The summed E-state index contributed by atoms with van der Waals surface area (Å²) < 4.78 is 5.22. The molecule has 0 saturated carbocycles.